The molecule has 0 bridgehead atoms. The van der Waals surface area contributed by atoms with Gasteiger partial charge in [-0.25, -0.2) is 0 Å². The Bertz CT molecular complexity index is 836. The zero-order valence-corrected chi connectivity index (χ0v) is 14.2. The number of carbonyl (C=O) groups is 1. The Morgan fingerprint density at radius 2 is 1.84 bits per heavy atom. The Balaban J connectivity index is 1.54. The lowest BCUT2D eigenvalue weighted by molar-refractivity contribution is 0.0951. The van der Waals surface area contributed by atoms with E-state index in [1.807, 2.05) is 36.4 Å². The second kappa shape index (κ2) is 8.31. The molecular formula is C20H17ClN2O2. The van der Waals surface area contributed by atoms with Crippen molar-refractivity contribution in [1.82, 2.24) is 10.3 Å². The molecule has 0 radical (unpaired) electrons. The average molecular weight is 353 g/mol. The van der Waals surface area contributed by atoms with Gasteiger partial charge in [-0.3, -0.25) is 9.78 Å². The highest BCUT2D eigenvalue weighted by molar-refractivity contribution is 6.31. The number of aromatic nitrogens is 1. The zero-order chi connectivity index (χ0) is 17.5. The maximum Gasteiger partial charge on any atom is 0.251 e. The molecule has 0 atom stereocenters. The van der Waals surface area contributed by atoms with Gasteiger partial charge in [0.2, 0.25) is 0 Å². The van der Waals surface area contributed by atoms with Crippen LogP contribution in [0.2, 0.25) is 5.02 Å². The summed E-state index contributed by atoms with van der Waals surface area (Å²) in [6.45, 7) is 0.823. The Morgan fingerprint density at radius 1 is 1.04 bits per heavy atom. The van der Waals surface area contributed by atoms with Crippen molar-refractivity contribution in [3.8, 4) is 5.75 Å². The number of nitrogens with one attached hydrogen (secondary N) is 1. The molecule has 0 saturated heterocycles. The summed E-state index contributed by atoms with van der Waals surface area (Å²) in [5.41, 5.74) is 2.45. The Kier molecular flexibility index (Phi) is 5.65. The number of amides is 1. The molecule has 1 aromatic heterocycles. The van der Waals surface area contributed by atoms with Crippen LogP contribution in [0.3, 0.4) is 0 Å². The van der Waals surface area contributed by atoms with Gasteiger partial charge in [0.25, 0.3) is 5.91 Å². The minimum atomic E-state index is -0.137. The molecule has 3 rings (SSSR count). The standard InChI is InChI=1S/C20H17ClN2O2/c21-19-6-2-1-5-17(19)14-25-18-9-7-16(8-10-18)20(24)23-13-15-4-3-11-22-12-15/h1-12H,13-14H2,(H,23,24). The SMILES string of the molecule is O=C(NCc1cccnc1)c1ccc(OCc2ccccc2Cl)cc1. The highest BCUT2D eigenvalue weighted by atomic mass is 35.5. The van der Waals surface area contributed by atoms with Gasteiger partial charge >= 0.3 is 0 Å². The Hall–Kier alpha value is -2.85. The summed E-state index contributed by atoms with van der Waals surface area (Å²) in [5.74, 6) is 0.547. The third-order valence-electron chi connectivity index (χ3n) is 3.64. The van der Waals surface area contributed by atoms with E-state index < -0.39 is 0 Å². The van der Waals surface area contributed by atoms with E-state index in [4.69, 9.17) is 16.3 Å². The van der Waals surface area contributed by atoms with E-state index in [-0.39, 0.29) is 5.91 Å². The van der Waals surface area contributed by atoms with E-state index in [0.717, 1.165) is 11.1 Å². The highest BCUT2D eigenvalue weighted by Crippen LogP contribution is 2.19. The second-order valence-corrected chi connectivity index (χ2v) is 5.86. The van der Waals surface area contributed by atoms with Crippen molar-refractivity contribution in [3.63, 3.8) is 0 Å². The van der Waals surface area contributed by atoms with Crippen molar-refractivity contribution in [3.05, 3.63) is 94.8 Å². The maximum atomic E-state index is 12.2. The zero-order valence-electron chi connectivity index (χ0n) is 13.5. The van der Waals surface area contributed by atoms with E-state index in [2.05, 4.69) is 10.3 Å². The van der Waals surface area contributed by atoms with Crippen LogP contribution in [0, 0.1) is 0 Å². The minimum Gasteiger partial charge on any atom is -0.489 e. The number of ether oxygens (including phenoxy) is 1. The number of hydrogen-bond acceptors (Lipinski definition) is 3. The molecule has 1 amide bonds. The molecule has 0 aliphatic rings. The van der Waals surface area contributed by atoms with Crippen molar-refractivity contribution in [1.29, 1.82) is 0 Å². The van der Waals surface area contributed by atoms with Gasteiger partial charge in [-0.05, 0) is 42.0 Å². The largest absolute Gasteiger partial charge is 0.489 e. The topological polar surface area (TPSA) is 51.2 Å². The number of benzene rings is 2. The quantitative estimate of drug-likeness (QED) is 0.721. The molecule has 1 N–H and O–H groups in total. The van der Waals surface area contributed by atoms with E-state index >= 15 is 0 Å². The molecule has 0 unspecified atom stereocenters. The predicted molar refractivity (Wildman–Crippen MR) is 97.6 cm³/mol. The molecule has 5 heteroatoms. The molecule has 2 aromatic carbocycles. The van der Waals surface area contributed by atoms with Crippen molar-refractivity contribution in [2.24, 2.45) is 0 Å². The van der Waals surface area contributed by atoms with Crippen LogP contribution < -0.4 is 10.1 Å². The molecular weight excluding hydrogens is 336 g/mol. The van der Waals surface area contributed by atoms with E-state index in [9.17, 15) is 4.79 Å². The summed E-state index contributed by atoms with van der Waals surface area (Å²) in [7, 11) is 0. The predicted octanol–water partition coefficient (Wildman–Crippen LogP) is 4.24. The van der Waals surface area contributed by atoms with E-state index in [1.54, 1.807) is 36.7 Å². The van der Waals surface area contributed by atoms with Gasteiger partial charge in [-0.1, -0.05) is 35.9 Å². The number of rotatable bonds is 6. The molecule has 1 heterocycles. The van der Waals surface area contributed by atoms with Crippen molar-refractivity contribution < 1.29 is 9.53 Å². The normalized spacial score (nSPS) is 10.3. The average Bonchev–Trinajstić information content (AvgIpc) is 2.67. The fourth-order valence-electron chi connectivity index (χ4n) is 2.27. The van der Waals surface area contributed by atoms with Crippen molar-refractivity contribution >= 4 is 17.5 Å². The van der Waals surface area contributed by atoms with Gasteiger partial charge in [0.05, 0.1) is 0 Å². The number of pyridine rings is 1. The molecule has 4 nitrogen and oxygen atoms in total. The van der Waals surface area contributed by atoms with Gasteiger partial charge < -0.3 is 10.1 Å². The first-order chi connectivity index (χ1) is 12.2. The number of nitrogens with zero attached hydrogens (tertiary/aromatic N) is 1. The molecule has 0 fully saturated rings. The summed E-state index contributed by atoms with van der Waals surface area (Å²) in [4.78, 5) is 16.2. The van der Waals surface area contributed by atoms with Gasteiger partial charge in [0.1, 0.15) is 12.4 Å². The molecule has 0 aliphatic carbocycles. The first kappa shape index (κ1) is 17.0. The lowest BCUT2D eigenvalue weighted by Gasteiger charge is -2.09. The van der Waals surface area contributed by atoms with Gasteiger partial charge in [-0.15, -0.1) is 0 Å². The van der Waals surface area contributed by atoms with Gasteiger partial charge in [0, 0.05) is 35.1 Å². The second-order valence-electron chi connectivity index (χ2n) is 5.45. The van der Waals surface area contributed by atoms with Gasteiger partial charge in [0.15, 0.2) is 0 Å². The fraction of sp³-hybridized carbons (Fsp3) is 0.100. The van der Waals surface area contributed by atoms with Crippen LogP contribution in [0.1, 0.15) is 21.5 Å². The minimum absolute atomic E-state index is 0.137. The first-order valence-electron chi connectivity index (χ1n) is 7.86. The van der Waals surface area contributed by atoms with Crippen LogP contribution in [0.15, 0.2) is 73.1 Å². The summed E-state index contributed by atoms with van der Waals surface area (Å²) in [5, 5.41) is 3.54. The summed E-state index contributed by atoms with van der Waals surface area (Å²) in [6.07, 6.45) is 3.43. The third-order valence-corrected chi connectivity index (χ3v) is 4.01. The summed E-state index contributed by atoms with van der Waals surface area (Å²) < 4.78 is 5.71. The van der Waals surface area contributed by atoms with Crippen LogP contribution in [0.4, 0.5) is 0 Å². The summed E-state index contributed by atoms with van der Waals surface area (Å²) >= 11 is 6.11. The van der Waals surface area contributed by atoms with Crippen molar-refractivity contribution in [2.75, 3.05) is 0 Å². The van der Waals surface area contributed by atoms with Crippen LogP contribution in [0.25, 0.3) is 0 Å². The van der Waals surface area contributed by atoms with Crippen LogP contribution in [-0.4, -0.2) is 10.9 Å². The number of carbonyl (C=O) groups excluding carboxylic acids is 1. The number of hydrogen-bond donors (Lipinski definition) is 1. The van der Waals surface area contributed by atoms with E-state index in [0.29, 0.717) is 29.5 Å². The van der Waals surface area contributed by atoms with Crippen LogP contribution in [-0.2, 0) is 13.2 Å². The summed E-state index contributed by atoms with van der Waals surface area (Å²) in [6, 6.07) is 18.3. The number of halogens is 1. The molecule has 0 spiro atoms. The monoisotopic (exact) mass is 352 g/mol. The molecule has 25 heavy (non-hydrogen) atoms. The van der Waals surface area contributed by atoms with Crippen LogP contribution in [0.5, 0.6) is 5.75 Å². The maximum absolute atomic E-state index is 12.2. The highest BCUT2D eigenvalue weighted by Gasteiger charge is 2.06. The molecule has 3 aromatic rings. The third kappa shape index (κ3) is 4.81. The Labute approximate surface area is 151 Å². The lowest BCUT2D eigenvalue weighted by Crippen LogP contribution is -2.22. The smallest absolute Gasteiger partial charge is 0.251 e. The van der Waals surface area contributed by atoms with Gasteiger partial charge in [-0.2, -0.15) is 0 Å². The molecule has 0 saturated carbocycles. The van der Waals surface area contributed by atoms with E-state index in [1.165, 1.54) is 0 Å². The first-order valence-corrected chi connectivity index (χ1v) is 8.23. The van der Waals surface area contributed by atoms with Crippen molar-refractivity contribution in [2.45, 2.75) is 13.2 Å². The van der Waals surface area contributed by atoms with Crippen LogP contribution >= 0.6 is 11.6 Å². The lowest BCUT2D eigenvalue weighted by atomic mass is 10.2. The molecule has 0 aliphatic heterocycles. The Morgan fingerprint density at radius 3 is 2.56 bits per heavy atom. The fourth-order valence-corrected chi connectivity index (χ4v) is 2.46. The molecule has 126 valence electrons.